The quantitative estimate of drug-likeness (QED) is 0.826. The molecule has 1 saturated heterocycles. The van der Waals surface area contributed by atoms with Crippen LogP contribution >= 0.6 is 0 Å². The van der Waals surface area contributed by atoms with Crippen molar-refractivity contribution < 1.29 is 18.3 Å². The van der Waals surface area contributed by atoms with Gasteiger partial charge in [-0.3, -0.25) is 0 Å². The summed E-state index contributed by atoms with van der Waals surface area (Å²) in [6.45, 7) is 2.41. The molecule has 0 bridgehead atoms. The van der Waals surface area contributed by atoms with E-state index in [1.165, 1.54) is 0 Å². The molecule has 0 spiro atoms. The molecule has 5 nitrogen and oxygen atoms in total. The zero-order valence-electron chi connectivity index (χ0n) is 10.9. The van der Waals surface area contributed by atoms with E-state index in [4.69, 9.17) is 9.84 Å². The Morgan fingerprint density at radius 1 is 1.28 bits per heavy atom. The molecule has 1 aliphatic carbocycles. The normalized spacial score (nSPS) is 32.6. The fraction of sp³-hybridized carbons (Fsp3) is 1.00. The molecule has 0 aromatic heterocycles. The molecule has 2 atom stereocenters. The standard InChI is InChI=1S/C12H23NO4S/c1-10-9-17-11(8-14)7-13(10)18(15,16)12-5-3-2-4-6-12/h10-12,14H,2-9H2,1H3. The number of rotatable bonds is 3. The van der Waals surface area contributed by atoms with Gasteiger partial charge in [0.1, 0.15) is 0 Å². The third-order valence-electron chi connectivity index (χ3n) is 3.95. The van der Waals surface area contributed by atoms with Gasteiger partial charge in [-0.25, -0.2) is 8.42 Å². The van der Waals surface area contributed by atoms with Gasteiger partial charge in [-0.2, -0.15) is 4.31 Å². The highest BCUT2D eigenvalue weighted by Gasteiger charge is 2.39. The lowest BCUT2D eigenvalue weighted by Gasteiger charge is -2.39. The van der Waals surface area contributed by atoms with Gasteiger partial charge in [-0.15, -0.1) is 0 Å². The summed E-state index contributed by atoms with van der Waals surface area (Å²) in [5, 5.41) is 8.89. The van der Waals surface area contributed by atoms with Gasteiger partial charge in [-0.1, -0.05) is 19.3 Å². The van der Waals surface area contributed by atoms with Crippen LogP contribution in [-0.2, 0) is 14.8 Å². The molecule has 6 heteroatoms. The first-order valence-corrected chi connectivity index (χ1v) is 8.29. The Morgan fingerprint density at radius 2 is 1.94 bits per heavy atom. The minimum absolute atomic E-state index is 0.122. The van der Waals surface area contributed by atoms with Crippen LogP contribution in [0.5, 0.6) is 0 Å². The molecule has 1 saturated carbocycles. The predicted octanol–water partition coefficient (Wildman–Crippen LogP) is 0.730. The molecular weight excluding hydrogens is 254 g/mol. The molecule has 1 aliphatic heterocycles. The third kappa shape index (κ3) is 2.87. The smallest absolute Gasteiger partial charge is 0.217 e. The second-order valence-corrected chi connectivity index (χ2v) is 7.53. The van der Waals surface area contributed by atoms with Gasteiger partial charge in [0.2, 0.25) is 10.0 Å². The highest BCUT2D eigenvalue weighted by molar-refractivity contribution is 7.89. The Bertz CT molecular complexity index is 364. The van der Waals surface area contributed by atoms with Crippen molar-refractivity contribution in [2.24, 2.45) is 0 Å². The van der Waals surface area contributed by atoms with Crippen molar-refractivity contribution >= 4 is 10.0 Å². The van der Waals surface area contributed by atoms with E-state index in [1.807, 2.05) is 6.92 Å². The predicted molar refractivity (Wildman–Crippen MR) is 68.8 cm³/mol. The monoisotopic (exact) mass is 277 g/mol. The number of hydrogen-bond acceptors (Lipinski definition) is 4. The van der Waals surface area contributed by atoms with Gasteiger partial charge in [-0.05, 0) is 19.8 Å². The molecule has 1 heterocycles. The number of sulfonamides is 1. The van der Waals surface area contributed by atoms with Crippen molar-refractivity contribution in [3.05, 3.63) is 0 Å². The second kappa shape index (κ2) is 5.86. The lowest BCUT2D eigenvalue weighted by molar-refractivity contribution is -0.0519. The van der Waals surface area contributed by atoms with E-state index in [1.54, 1.807) is 4.31 Å². The molecule has 1 N–H and O–H groups in total. The Kier molecular flexibility index (Phi) is 4.64. The van der Waals surface area contributed by atoms with E-state index in [2.05, 4.69) is 0 Å². The van der Waals surface area contributed by atoms with Crippen LogP contribution in [0.1, 0.15) is 39.0 Å². The third-order valence-corrected chi connectivity index (χ3v) is 6.43. The van der Waals surface area contributed by atoms with E-state index < -0.39 is 10.0 Å². The summed E-state index contributed by atoms with van der Waals surface area (Å²) < 4.78 is 32.1. The Labute approximate surface area is 109 Å². The van der Waals surface area contributed by atoms with Crippen LogP contribution < -0.4 is 0 Å². The summed E-state index contributed by atoms with van der Waals surface area (Å²) in [4.78, 5) is 0. The molecule has 2 aliphatic rings. The Balaban J connectivity index is 2.11. The SMILES string of the molecule is CC1COC(CO)CN1S(=O)(=O)C1CCCCC1. The van der Waals surface area contributed by atoms with Gasteiger partial charge in [0, 0.05) is 12.6 Å². The van der Waals surface area contributed by atoms with Crippen LogP contribution in [0, 0.1) is 0 Å². The van der Waals surface area contributed by atoms with E-state index in [0.717, 1.165) is 32.1 Å². The molecule has 0 aromatic rings. The number of morpholine rings is 1. The van der Waals surface area contributed by atoms with Gasteiger partial charge in [0.15, 0.2) is 0 Å². The summed E-state index contributed by atoms with van der Waals surface area (Å²) in [5.41, 5.74) is 0. The van der Waals surface area contributed by atoms with Crippen molar-refractivity contribution in [3.8, 4) is 0 Å². The second-order valence-electron chi connectivity index (χ2n) is 5.36. The van der Waals surface area contributed by atoms with E-state index in [-0.39, 0.29) is 30.5 Å². The highest BCUT2D eigenvalue weighted by Crippen LogP contribution is 2.28. The van der Waals surface area contributed by atoms with Gasteiger partial charge in [0.25, 0.3) is 0 Å². The lowest BCUT2D eigenvalue weighted by Crippen LogP contribution is -2.54. The van der Waals surface area contributed by atoms with E-state index in [9.17, 15) is 8.42 Å². The molecule has 2 rings (SSSR count). The maximum atomic E-state index is 12.6. The first kappa shape index (κ1) is 14.2. The van der Waals surface area contributed by atoms with Gasteiger partial charge >= 0.3 is 0 Å². The number of hydrogen-bond donors (Lipinski definition) is 1. The molecule has 0 amide bonds. The van der Waals surface area contributed by atoms with Crippen molar-refractivity contribution in [3.63, 3.8) is 0 Å². The maximum Gasteiger partial charge on any atom is 0.217 e. The molecule has 106 valence electrons. The topological polar surface area (TPSA) is 66.8 Å². The van der Waals surface area contributed by atoms with E-state index in [0.29, 0.717) is 6.61 Å². The number of nitrogens with zero attached hydrogens (tertiary/aromatic N) is 1. The van der Waals surface area contributed by atoms with Crippen LogP contribution in [0.25, 0.3) is 0 Å². The number of aliphatic hydroxyl groups excluding tert-OH is 1. The molecule has 18 heavy (non-hydrogen) atoms. The zero-order chi connectivity index (χ0) is 13.2. The Hall–Kier alpha value is -0.170. The van der Waals surface area contributed by atoms with E-state index >= 15 is 0 Å². The van der Waals surface area contributed by atoms with Crippen molar-refractivity contribution in [2.45, 2.75) is 56.4 Å². The van der Waals surface area contributed by atoms with Crippen LogP contribution in [-0.4, -0.2) is 55.0 Å². The van der Waals surface area contributed by atoms with Crippen LogP contribution in [0.2, 0.25) is 0 Å². The first-order valence-electron chi connectivity index (χ1n) is 6.79. The zero-order valence-corrected chi connectivity index (χ0v) is 11.7. The minimum Gasteiger partial charge on any atom is -0.394 e. The van der Waals surface area contributed by atoms with Crippen LogP contribution in [0.3, 0.4) is 0 Å². The lowest BCUT2D eigenvalue weighted by atomic mass is 10.0. The van der Waals surface area contributed by atoms with Gasteiger partial charge in [0.05, 0.1) is 24.6 Å². The molecule has 0 radical (unpaired) electrons. The summed E-state index contributed by atoms with van der Waals surface area (Å²) in [5.74, 6) is 0. The minimum atomic E-state index is -3.24. The molecule has 2 fully saturated rings. The summed E-state index contributed by atoms with van der Waals surface area (Å²) in [7, 11) is -3.24. The molecule has 0 aromatic carbocycles. The average molecular weight is 277 g/mol. The van der Waals surface area contributed by atoms with Gasteiger partial charge < -0.3 is 9.84 Å². The largest absolute Gasteiger partial charge is 0.394 e. The van der Waals surface area contributed by atoms with Crippen molar-refractivity contribution in [1.82, 2.24) is 4.31 Å². The van der Waals surface area contributed by atoms with Crippen molar-refractivity contribution in [2.75, 3.05) is 19.8 Å². The maximum absolute atomic E-state index is 12.6. The average Bonchev–Trinajstić information content (AvgIpc) is 2.40. The fourth-order valence-electron chi connectivity index (χ4n) is 2.81. The van der Waals surface area contributed by atoms with Crippen molar-refractivity contribution in [1.29, 1.82) is 0 Å². The first-order chi connectivity index (χ1) is 8.55. The highest BCUT2D eigenvalue weighted by atomic mass is 32.2. The summed E-state index contributed by atoms with van der Waals surface area (Å²) >= 11 is 0. The van der Waals surface area contributed by atoms with Crippen LogP contribution in [0.4, 0.5) is 0 Å². The number of ether oxygens (including phenoxy) is 1. The fourth-order valence-corrected chi connectivity index (χ4v) is 5.06. The van der Waals surface area contributed by atoms with Crippen LogP contribution in [0.15, 0.2) is 0 Å². The molecular formula is C12H23NO4S. The molecule has 2 unspecified atom stereocenters. The summed E-state index contributed by atoms with van der Waals surface area (Å²) in [6, 6.07) is -0.125. The Morgan fingerprint density at radius 3 is 2.56 bits per heavy atom. The summed E-state index contributed by atoms with van der Waals surface area (Å²) in [6.07, 6.45) is 4.33. The number of aliphatic hydroxyl groups is 1.